The number of nitriles is 1. The van der Waals surface area contributed by atoms with Crippen LogP contribution in [0.25, 0.3) is 0 Å². The van der Waals surface area contributed by atoms with E-state index in [0.29, 0.717) is 17.8 Å². The van der Waals surface area contributed by atoms with Gasteiger partial charge in [0, 0.05) is 19.2 Å². The second-order valence-corrected chi connectivity index (χ2v) is 4.14. The third kappa shape index (κ3) is 2.35. The lowest BCUT2D eigenvalue weighted by molar-refractivity contribution is 0.529. The van der Waals surface area contributed by atoms with E-state index >= 15 is 0 Å². The summed E-state index contributed by atoms with van der Waals surface area (Å²) in [4.78, 5) is 1.79. The monoisotopic (exact) mass is 244 g/mol. The number of hydrogen-bond acceptors (Lipinski definition) is 3. The molecule has 0 spiro atoms. The fourth-order valence-electron chi connectivity index (χ4n) is 1.80. The van der Waals surface area contributed by atoms with Crippen LogP contribution < -0.4 is 4.90 Å². The quantitative estimate of drug-likeness (QED) is 0.832. The molecule has 0 aliphatic carbocycles. The molecule has 1 aromatic carbocycles. The zero-order chi connectivity index (χ0) is 13.1. The first-order valence-electron chi connectivity index (χ1n) is 5.55. The predicted octanol–water partition coefficient (Wildman–Crippen LogP) is 3.24. The van der Waals surface area contributed by atoms with E-state index < -0.39 is 5.82 Å². The van der Waals surface area contributed by atoms with Crippen molar-refractivity contribution in [2.75, 3.05) is 11.9 Å². The Morgan fingerprint density at radius 3 is 2.72 bits per heavy atom. The van der Waals surface area contributed by atoms with E-state index in [4.69, 9.17) is 9.68 Å². The number of nitrogens with zero attached hydrogens (tertiary/aromatic N) is 2. The van der Waals surface area contributed by atoms with Crippen molar-refractivity contribution in [3.63, 3.8) is 0 Å². The van der Waals surface area contributed by atoms with E-state index in [1.807, 2.05) is 19.1 Å². The molecule has 2 rings (SSSR count). The number of halogens is 1. The molecule has 0 radical (unpaired) electrons. The molecule has 2 aromatic rings. The van der Waals surface area contributed by atoms with Gasteiger partial charge in [-0.3, -0.25) is 0 Å². The topological polar surface area (TPSA) is 40.2 Å². The lowest BCUT2D eigenvalue weighted by Gasteiger charge is -2.19. The first-order chi connectivity index (χ1) is 8.61. The van der Waals surface area contributed by atoms with E-state index in [2.05, 4.69) is 0 Å². The summed E-state index contributed by atoms with van der Waals surface area (Å²) in [6.45, 7) is 2.43. The molecule has 3 nitrogen and oxygen atoms in total. The number of anilines is 1. The number of benzene rings is 1. The molecule has 0 aliphatic rings. The molecule has 0 bridgehead atoms. The highest BCUT2D eigenvalue weighted by atomic mass is 19.1. The first kappa shape index (κ1) is 12.2. The average Bonchev–Trinajstić information content (AvgIpc) is 2.74. The van der Waals surface area contributed by atoms with Crippen molar-refractivity contribution in [2.24, 2.45) is 0 Å². The maximum absolute atomic E-state index is 13.8. The van der Waals surface area contributed by atoms with Crippen LogP contribution in [0.15, 0.2) is 34.9 Å². The van der Waals surface area contributed by atoms with Crippen molar-refractivity contribution in [2.45, 2.75) is 13.5 Å². The number of hydrogen-bond donors (Lipinski definition) is 0. The van der Waals surface area contributed by atoms with Gasteiger partial charge in [-0.05, 0) is 31.2 Å². The SMILES string of the molecule is Cc1occc1CN(C)c1ccc(C#N)cc1F. The summed E-state index contributed by atoms with van der Waals surface area (Å²) in [6, 6.07) is 8.25. The molecule has 0 N–H and O–H groups in total. The minimum Gasteiger partial charge on any atom is -0.469 e. The van der Waals surface area contributed by atoms with Crippen molar-refractivity contribution in [3.05, 3.63) is 53.2 Å². The van der Waals surface area contributed by atoms with Crippen LogP contribution in [0.5, 0.6) is 0 Å². The number of aryl methyl sites for hydroxylation is 1. The summed E-state index contributed by atoms with van der Waals surface area (Å²) >= 11 is 0. The Kier molecular flexibility index (Phi) is 3.33. The highest BCUT2D eigenvalue weighted by molar-refractivity contribution is 5.51. The van der Waals surface area contributed by atoms with E-state index in [9.17, 15) is 4.39 Å². The van der Waals surface area contributed by atoms with Crippen LogP contribution in [0.2, 0.25) is 0 Å². The minimum atomic E-state index is -0.391. The standard InChI is InChI=1S/C14H13FN2O/c1-10-12(5-6-18-10)9-17(2)14-4-3-11(8-16)7-13(14)15/h3-7H,9H2,1-2H3. The third-order valence-corrected chi connectivity index (χ3v) is 2.86. The Morgan fingerprint density at radius 2 is 2.17 bits per heavy atom. The smallest absolute Gasteiger partial charge is 0.147 e. The van der Waals surface area contributed by atoms with Gasteiger partial charge in [0.25, 0.3) is 0 Å². The molecule has 4 heteroatoms. The normalized spacial score (nSPS) is 10.1. The maximum Gasteiger partial charge on any atom is 0.147 e. The minimum absolute atomic E-state index is 0.323. The van der Waals surface area contributed by atoms with Gasteiger partial charge in [0.15, 0.2) is 0 Å². The van der Waals surface area contributed by atoms with Crippen molar-refractivity contribution >= 4 is 5.69 Å². The molecule has 92 valence electrons. The van der Waals surface area contributed by atoms with Crippen LogP contribution in [-0.2, 0) is 6.54 Å². The summed E-state index contributed by atoms with van der Waals surface area (Å²) in [5.41, 5.74) is 1.81. The van der Waals surface area contributed by atoms with Crippen LogP contribution in [0.4, 0.5) is 10.1 Å². The van der Waals surface area contributed by atoms with Crippen LogP contribution in [0, 0.1) is 24.1 Å². The summed E-state index contributed by atoms with van der Waals surface area (Å²) in [5.74, 6) is 0.439. The molecule has 0 saturated carbocycles. The fraction of sp³-hybridized carbons (Fsp3) is 0.214. The molecule has 18 heavy (non-hydrogen) atoms. The van der Waals surface area contributed by atoms with Gasteiger partial charge in [-0.15, -0.1) is 0 Å². The van der Waals surface area contributed by atoms with Gasteiger partial charge >= 0.3 is 0 Å². The van der Waals surface area contributed by atoms with Gasteiger partial charge in [0.05, 0.1) is 23.6 Å². The molecule has 0 saturated heterocycles. The van der Waals surface area contributed by atoms with Crippen molar-refractivity contribution in [3.8, 4) is 6.07 Å². The fourth-order valence-corrected chi connectivity index (χ4v) is 1.80. The second kappa shape index (κ2) is 4.92. The Labute approximate surface area is 105 Å². The summed E-state index contributed by atoms with van der Waals surface area (Å²) in [5, 5.41) is 8.69. The predicted molar refractivity (Wildman–Crippen MR) is 66.7 cm³/mol. The molecule has 1 aromatic heterocycles. The number of furan rings is 1. The molecule has 0 fully saturated rings. The highest BCUT2D eigenvalue weighted by Gasteiger charge is 2.11. The Hall–Kier alpha value is -2.28. The van der Waals surface area contributed by atoms with E-state index in [1.165, 1.54) is 6.07 Å². The average molecular weight is 244 g/mol. The van der Waals surface area contributed by atoms with Crippen molar-refractivity contribution < 1.29 is 8.81 Å². The molecule has 1 heterocycles. The van der Waals surface area contributed by atoms with Gasteiger partial charge < -0.3 is 9.32 Å². The largest absolute Gasteiger partial charge is 0.469 e. The van der Waals surface area contributed by atoms with Crippen molar-refractivity contribution in [1.82, 2.24) is 0 Å². The summed E-state index contributed by atoms with van der Waals surface area (Å²) in [6.07, 6.45) is 1.62. The van der Waals surface area contributed by atoms with Gasteiger partial charge in [-0.25, -0.2) is 4.39 Å². The molecule has 0 atom stereocenters. The lowest BCUT2D eigenvalue weighted by Crippen LogP contribution is -2.17. The second-order valence-electron chi connectivity index (χ2n) is 4.14. The zero-order valence-corrected chi connectivity index (χ0v) is 10.3. The van der Waals surface area contributed by atoms with E-state index in [-0.39, 0.29) is 0 Å². The van der Waals surface area contributed by atoms with Gasteiger partial charge in [-0.2, -0.15) is 5.26 Å². The van der Waals surface area contributed by atoms with Gasteiger partial charge in [-0.1, -0.05) is 0 Å². The Bertz CT molecular complexity index is 598. The van der Waals surface area contributed by atoms with Gasteiger partial charge in [0.1, 0.15) is 11.6 Å². The molecular formula is C14H13FN2O. The van der Waals surface area contributed by atoms with Crippen LogP contribution in [-0.4, -0.2) is 7.05 Å². The Balaban J connectivity index is 2.22. The van der Waals surface area contributed by atoms with E-state index in [1.54, 1.807) is 30.3 Å². The molecular weight excluding hydrogens is 231 g/mol. The van der Waals surface area contributed by atoms with Crippen LogP contribution in [0.3, 0.4) is 0 Å². The van der Waals surface area contributed by atoms with E-state index in [0.717, 1.165) is 11.3 Å². The first-order valence-corrected chi connectivity index (χ1v) is 5.55. The maximum atomic E-state index is 13.8. The molecule has 0 amide bonds. The zero-order valence-electron chi connectivity index (χ0n) is 10.3. The summed E-state index contributed by atoms with van der Waals surface area (Å²) < 4.78 is 19.0. The molecule has 0 unspecified atom stereocenters. The van der Waals surface area contributed by atoms with Crippen LogP contribution >= 0.6 is 0 Å². The van der Waals surface area contributed by atoms with Gasteiger partial charge in [0.2, 0.25) is 0 Å². The van der Waals surface area contributed by atoms with Crippen molar-refractivity contribution in [1.29, 1.82) is 5.26 Å². The molecule has 0 aliphatic heterocycles. The summed E-state index contributed by atoms with van der Waals surface area (Å²) in [7, 11) is 1.80. The lowest BCUT2D eigenvalue weighted by atomic mass is 10.2. The Morgan fingerprint density at radius 1 is 1.39 bits per heavy atom. The van der Waals surface area contributed by atoms with Crippen LogP contribution in [0.1, 0.15) is 16.9 Å². The third-order valence-electron chi connectivity index (χ3n) is 2.86. The number of rotatable bonds is 3. The highest BCUT2D eigenvalue weighted by Crippen LogP contribution is 2.22.